The smallest absolute Gasteiger partial charge is 0.295 e. The number of amides is 1. The van der Waals surface area contributed by atoms with Crippen molar-refractivity contribution in [2.45, 2.75) is 13.0 Å². The van der Waals surface area contributed by atoms with E-state index >= 15 is 0 Å². The van der Waals surface area contributed by atoms with E-state index in [9.17, 15) is 14.7 Å². The number of ketones is 1. The van der Waals surface area contributed by atoms with Gasteiger partial charge in [0.05, 0.1) is 18.7 Å². The fraction of sp³-hybridized carbons (Fsp3) is 0.304. The highest BCUT2D eigenvalue weighted by atomic mass is 79.9. The van der Waals surface area contributed by atoms with Crippen molar-refractivity contribution < 1.29 is 19.4 Å². The van der Waals surface area contributed by atoms with E-state index in [0.717, 1.165) is 15.6 Å². The minimum atomic E-state index is -0.673. The number of aliphatic hydroxyl groups is 1. The summed E-state index contributed by atoms with van der Waals surface area (Å²) in [5.41, 5.74) is 2.16. The van der Waals surface area contributed by atoms with Crippen LogP contribution >= 0.6 is 15.9 Å². The minimum Gasteiger partial charge on any atom is -0.507 e. The lowest BCUT2D eigenvalue weighted by Crippen LogP contribution is -2.35. The molecular weight excluding hydrogens is 448 g/mol. The van der Waals surface area contributed by atoms with Gasteiger partial charge in [-0.1, -0.05) is 28.1 Å². The molecule has 1 N–H and O–H groups in total. The molecule has 0 radical (unpaired) electrons. The van der Waals surface area contributed by atoms with Gasteiger partial charge in [0.1, 0.15) is 11.5 Å². The number of ether oxygens (including phenoxy) is 1. The first kappa shape index (κ1) is 22.1. The normalized spacial score (nSPS) is 18.3. The molecule has 0 spiro atoms. The van der Waals surface area contributed by atoms with Gasteiger partial charge in [0.25, 0.3) is 11.7 Å². The van der Waals surface area contributed by atoms with Gasteiger partial charge in [-0.3, -0.25) is 9.59 Å². The average molecular weight is 473 g/mol. The Morgan fingerprint density at radius 2 is 1.83 bits per heavy atom. The molecular formula is C23H25BrN2O4. The summed E-state index contributed by atoms with van der Waals surface area (Å²) in [7, 11) is 5.39. The molecule has 1 amide bonds. The highest BCUT2D eigenvalue weighted by Gasteiger charge is 2.45. The van der Waals surface area contributed by atoms with Crippen LogP contribution < -0.4 is 4.74 Å². The number of halogens is 1. The number of methoxy groups -OCH3 is 1. The molecule has 2 aromatic rings. The Hall–Kier alpha value is -2.64. The average Bonchev–Trinajstić information content (AvgIpc) is 2.96. The van der Waals surface area contributed by atoms with E-state index in [4.69, 9.17) is 4.74 Å². The number of hydrogen-bond donors (Lipinski definition) is 1. The first-order chi connectivity index (χ1) is 14.2. The van der Waals surface area contributed by atoms with Crippen molar-refractivity contribution in [1.29, 1.82) is 0 Å². The van der Waals surface area contributed by atoms with Crippen molar-refractivity contribution >= 4 is 33.4 Å². The minimum absolute atomic E-state index is 0.102. The standard InChI is InChI=1S/C23H25BrN2O4/c1-14-13-16(7-10-18(14)30-4)21(27)19-20(15-5-8-17(24)9-6-15)26(12-11-25(2)3)23(29)22(19)28/h5-10,13,20,27H,11-12H2,1-4H3/b21-19+/t20-/m1/s1. The fourth-order valence-electron chi connectivity index (χ4n) is 3.59. The van der Waals surface area contributed by atoms with Crippen LogP contribution in [-0.4, -0.2) is 60.9 Å². The number of aryl methyl sites for hydroxylation is 1. The van der Waals surface area contributed by atoms with Crippen LogP contribution in [0.25, 0.3) is 5.76 Å². The molecule has 1 atom stereocenters. The van der Waals surface area contributed by atoms with Gasteiger partial charge in [0.2, 0.25) is 0 Å². The van der Waals surface area contributed by atoms with Crippen LogP contribution in [0.4, 0.5) is 0 Å². The Labute approximate surface area is 184 Å². The summed E-state index contributed by atoms with van der Waals surface area (Å²) in [4.78, 5) is 29.3. The predicted molar refractivity (Wildman–Crippen MR) is 119 cm³/mol. The molecule has 1 aliphatic heterocycles. The van der Waals surface area contributed by atoms with Gasteiger partial charge in [-0.15, -0.1) is 0 Å². The molecule has 1 heterocycles. The third-order valence-corrected chi connectivity index (χ3v) is 5.71. The van der Waals surface area contributed by atoms with Crippen molar-refractivity contribution in [2.75, 3.05) is 34.3 Å². The monoisotopic (exact) mass is 472 g/mol. The lowest BCUT2D eigenvalue weighted by molar-refractivity contribution is -0.140. The lowest BCUT2D eigenvalue weighted by Gasteiger charge is -2.26. The summed E-state index contributed by atoms with van der Waals surface area (Å²) < 4.78 is 6.17. The van der Waals surface area contributed by atoms with E-state index in [0.29, 0.717) is 24.4 Å². The van der Waals surface area contributed by atoms with Crippen LogP contribution in [0, 0.1) is 6.92 Å². The Morgan fingerprint density at radius 3 is 2.40 bits per heavy atom. The molecule has 7 heteroatoms. The van der Waals surface area contributed by atoms with Gasteiger partial charge in [-0.2, -0.15) is 0 Å². The van der Waals surface area contributed by atoms with Gasteiger partial charge < -0.3 is 19.6 Å². The van der Waals surface area contributed by atoms with E-state index in [2.05, 4.69) is 15.9 Å². The predicted octanol–water partition coefficient (Wildman–Crippen LogP) is 3.75. The lowest BCUT2D eigenvalue weighted by atomic mass is 9.95. The van der Waals surface area contributed by atoms with Crippen molar-refractivity contribution in [3.8, 4) is 5.75 Å². The zero-order chi connectivity index (χ0) is 22.0. The number of benzene rings is 2. The zero-order valence-corrected chi connectivity index (χ0v) is 19.1. The summed E-state index contributed by atoms with van der Waals surface area (Å²) >= 11 is 3.42. The van der Waals surface area contributed by atoms with Crippen molar-refractivity contribution in [3.05, 3.63) is 69.2 Å². The topological polar surface area (TPSA) is 70.1 Å². The summed E-state index contributed by atoms with van der Waals surface area (Å²) in [6.07, 6.45) is 0. The number of Topliss-reactive ketones (excluding diaryl/α,β-unsaturated/α-hetero) is 1. The molecule has 2 aromatic carbocycles. The van der Waals surface area contributed by atoms with E-state index in [1.165, 1.54) is 4.90 Å². The Kier molecular flexibility index (Phi) is 6.63. The molecule has 158 valence electrons. The third-order valence-electron chi connectivity index (χ3n) is 5.18. The number of likely N-dealkylation sites (tertiary alicyclic amines) is 1. The summed E-state index contributed by atoms with van der Waals surface area (Å²) in [6.45, 7) is 2.83. The zero-order valence-electron chi connectivity index (χ0n) is 17.5. The molecule has 0 saturated carbocycles. The second-order valence-corrected chi connectivity index (χ2v) is 8.45. The molecule has 0 bridgehead atoms. The molecule has 0 unspecified atom stereocenters. The van der Waals surface area contributed by atoms with Crippen LogP contribution in [0.2, 0.25) is 0 Å². The molecule has 3 rings (SSSR count). The highest BCUT2D eigenvalue weighted by Crippen LogP contribution is 2.40. The Bertz CT molecular complexity index is 999. The van der Waals surface area contributed by atoms with Crippen molar-refractivity contribution in [1.82, 2.24) is 9.80 Å². The molecule has 0 aliphatic carbocycles. The second kappa shape index (κ2) is 9.02. The van der Waals surface area contributed by atoms with Gasteiger partial charge in [0, 0.05) is 23.1 Å². The highest BCUT2D eigenvalue weighted by molar-refractivity contribution is 9.10. The maximum atomic E-state index is 13.0. The number of nitrogens with zero attached hydrogens (tertiary/aromatic N) is 2. The van der Waals surface area contributed by atoms with Gasteiger partial charge in [-0.05, 0) is 62.5 Å². The summed E-state index contributed by atoms with van der Waals surface area (Å²) in [5.74, 6) is -0.772. The van der Waals surface area contributed by atoms with Crippen LogP contribution in [0.3, 0.4) is 0 Å². The maximum Gasteiger partial charge on any atom is 0.295 e. The molecule has 1 saturated heterocycles. The van der Waals surface area contributed by atoms with Gasteiger partial charge >= 0.3 is 0 Å². The Morgan fingerprint density at radius 1 is 1.17 bits per heavy atom. The van der Waals surface area contributed by atoms with E-state index in [1.807, 2.05) is 50.2 Å². The van der Waals surface area contributed by atoms with E-state index < -0.39 is 17.7 Å². The van der Waals surface area contributed by atoms with Crippen LogP contribution in [0.5, 0.6) is 5.75 Å². The van der Waals surface area contributed by atoms with E-state index in [1.54, 1.807) is 25.3 Å². The van der Waals surface area contributed by atoms with Crippen LogP contribution in [0.15, 0.2) is 52.5 Å². The molecule has 0 aromatic heterocycles. The van der Waals surface area contributed by atoms with E-state index in [-0.39, 0.29) is 11.3 Å². The first-order valence-corrected chi connectivity index (χ1v) is 10.4. The largest absolute Gasteiger partial charge is 0.507 e. The van der Waals surface area contributed by atoms with Crippen molar-refractivity contribution in [2.24, 2.45) is 0 Å². The molecule has 30 heavy (non-hydrogen) atoms. The number of rotatable bonds is 6. The van der Waals surface area contributed by atoms with Crippen molar-refractivity contribution in [3.63, 3.8) is 0 Å². The summed E-state index contributed by atoms with van der Waals surface area (Å²) in [5, 5.41) is 11.1. The number of carbonyl (C=O) groups excluding carboxylic acids is 2. The van der Waals surface area contributed by atoms with Crippen LogP contribution in [-0.2, 0) is 9.59 Å². The molecule has 1 aliphatic rings. The number of aliphatic hydroxyl groups excluding tert-OH is 1. The third kappa shape index (κ3) is 4.27. The quantitative estimate of drug-likeness (QED) is 0.393. The van der Waals surface area contributed by atoms with Gasteiger partial charge in [-0.25, -0.2) is 0 Å². The summed E-state index contributed by atoms with van der Waals surface area (Å²) in [6, 6.07) is 12.0. The Balaban J connectivity index is 2.14. The number of carbonyl (C=O) groups is 2. The van der Waals surface area contributed by atoms with Gasteiger partial charge in [0.15, 0.2) is 0 Å². The number of hydrogen-bond acceptors (Lipinski definition) is 5. The maximum absolute atomic E-state index is 13.0. The second-order valence-electron chi connectivity index (χ2n) is 7.53. The SMILES string of the molecule is COc1ccc(/C(O)=C2\C(=O)C(=O)N(CCN(C)C)[C@@H]2c2ccc(Br)cc2)cc1C. The number of likely N-dealkylation sites (N-methyl/N-ethyl adjacent to an activating group) is 1. The molecule has 6 nitrogen and oxygen atoms in total. The van der Waals surface area contributed by atoms with Crippen LogP contribution in [0.1, 0.15) is 22.7 Å². The molecule has 1 fully saturated rings. The fourth-order valence-corrected chi connectivity index (χ4v) is 3.86. The first-order valence-electron chi connectivity index (χ1n) is 9.58.